The fraction of sp³-hybridized carbons (Fsp3) is 0.278. The molecule has 1 N–H and O–H groups in total. The van der Waals surface area contributed by atoms with Crippen molar-refractivity contribution in [3.8, 4) is 0 Å². The second kappa shape index (κ2) is 8.62. The average molecular weight is 406 g/mol. The number of benzene rings is 1. The van der Waals surface area contributed by atoms with Crippen molar-refractivity contribution in [3.05, 3.63) is 52.6 Å². The van der Waals surface area contributed by atoms with E-state index in [9.17, 15) is 9.59 Å². The molecule has 0 spiro atoms. The summed E-state index contributed by atoms with van der Waals surface area (Å²) in [6.07, 6.45) is 3.60. The van der Waals surface area contributed by atoms with Gasteiger partial charge in [-0.2, -0.15) is 5.10 Å². The summed E-state index contributed by atoms with van der Waals surface area (Å²) in [5.41, 5.74) is 0.845. The van der Waals surface area contributed by atoms with Crippen molar-refractivity contribution in [1.82, 2.24) is 9.78 Å². The van der Waals surface area contributed by atoms with Crippen molar-refractivity contribution in [3.63, 3.8) is 0 Å². The number of nitrogens with one attached hydrogen (secondary N) is 1. The van der Waals surface area contributed by atoms with E-state index in [1.807, 2.05) is 38.1 Å². The lowest BCUT2D eigenvalue weighted by atomic mass is 10.2. The molecule has 1 amide bonds. The highest BCUT2D eigenvalue weighted by Gasteiger charge is 2.18. The van der Waals surface area contributed by atoms with Gasteiger partial charge in [-0.25, -0.2) is 9.48 Å². The van der Waals surface area contributed by atoms with Gasteiger partial charge < -0.3 is 10.1 Å². The summed E-state index contributed by atoms with van der Waals surface area (Å²) in [6.45, 7) is 5.44. The van der Waals surface area contributed by atoms with Gasteiger partial charge in [-0.3, -0.25) is 4.79 Å². The Hall–Kier alpha value is -2.41. The molecular formula is C18H20BrN3O3. The highest BCUT2D eigenvalue weighted by Crippen LogP contribution is 2.17. The van der Waals surface area contributed by atoms with E-state index in [4.69, 9.17) is 4.74 Å². The number of hydrogen-bond acceptors (Lipinski definition) is 4. The fourth-order valence-electron chi connectivity index (χ4n) is 2.09. The van der Waals surface area contributed by atoms with E-state index in [2.05, 4.69) is 26.3 Å². The van der Waals surface area contributed by atoms with Crippen LogP contribution in [0.15, 0.2) is 47.1 Å². The summed E-state index contributed by atoms with van der Waals surface area (Å²) in [7, 11) is 0. The summed E-state index contributed by atoms with van der Waals surface area (Å²) in [5, 5.41) is 6.85. The summed E-state index contributed by atoms with van der Waals surface area (Å²) in [6, 6.07) is 9.28. The van der Waals surface area contributed by atoms with E-state index in [1.54, 1.807) is 23.0 Å². The van der Waals surface area contributed by atoms with E-state index in [0.29, 0.717) is 5.82 Å². The maximum atomic E-state index is 12.2. The van der Waals surface area contributed by atoms with Gasteiger partial charge in [0.25, 0.3) is 5.91 Å². The van der Waals surface area contributed by atoms with Crippen LogP contribution in [0.5, 0.6) is 0 Å². The van der Waals surface area contributed by atoms with Crippen molar-refractivity contribution < 1.29 is 14.3 Å². The summed E-state index contributed by atoms with van der Waals surface area (Å²) in [4.78, 5) is 24.1. The van der Waals surface area contributed by atoms with Gasteiger partial charge >= 0.3 is 5.97 Å². The van der Waals surface area contributed by atoms with Gasteiger partial charge in [-0.15, -0.1) is 0 Å². The molecule has 0 unspecified atom stereocenters. The zero-order valence-corrected chi connectivity index (χ0v) is 15.9. The Morgan fingerprint density at radius 2 is 1.96 bits per heavy atom. The van der Waals surface area contributed by atoms with E-state index >= 15 is 0 Å². The van der Waals surface area contributed by atoms with Crippen molar-refractivity contribution in [1.29, 1.82) is 0 Å². The number of carbonyl (C=O) groups excluding carboxylic acids is 2. The first-order chi connectivity index (χ1) is 11.9. The third kappa shape index (κ3) is 5.29. The van der Waals surface area contributed by atoms with E-state index in [0.717, 1.165) is 10.0 Å². The van der Waals surface area contributed by atoms with Gasteiger partial charge in [0.1, 0.15) is 5.82 Å². The molecule has 0 bridgehead atoms. The number of ether oxygens (including phenoxy) is 1. The molecule has 0 radical (unpaired) electrons. The van der Waals surface area contributed by atoms with Crippen LogP contribution in [0.25, 0.3) is 6.08 Å². The van der Waals surface area contributed by atoms with E-state index in [1.165, 1.54) is 13.0 Å². The lowest BCUT2D eigenvalue weighted by Crippen LogP contribution is -2.30. The summed E-state index contributed by atoms with van der Waals surface area (Å²) >= 11 is 3.40. The van der Waals surface area contributed by atoms with Crippen molar-refractivity contribution in [2.24, 2.45) is 0 Å². The monoisotopic (exact) mass is 405 g/mol. The first kappa shape index (κ1) is 18.9. The molecule has 25 heavy (non-hydrogen) atoms. The number of esters is 1. The summed E-state index contributed by atoms with van der Waals surface area (Å²) in [5.74, 6) is -0.438. The number of aromatic nitrogens is 2. The minimum Gasteiger partial charge on any atom is -0.449 e. The molecule has 1 atom stereocenters. The van der Waals surface area contributed by atoms with Crippen LogP contribution in [0.4, 0.5) is 5.82 Å². The molecule has 0 fully saturated rings. The Kier molecular flexibility index (Phi) is 6.52. The molecule has 0 saturated heterocycles. The van der Waals surface area contributed by atoms with Crippen LogP contribution in [-0.2, 0) is 14.3 Å². The molecule has 1 aromatic carbocycles. The summed E-state index contributed by atoms with van der Waals surface area (Å²) < 4.78 is 7.69. The van der Waals surface area contributed by atoms with Crippen LogP contribution < -0.4 is 5.32 Å². The number of halogens is 1. The Bertz CT molecular complexity index is 783. The second-order valence-corrected chi connectivity index (χ2v) is 6.53. The van der Waals surface area contributed by atoms with Crippen LogP contribution in [0.2, 0.25) is 0 Å². The number of amides is 1. The maximum absolute atomic E-state index is 12.2. The van der Waals surface area contributed by atoms with Crippen LogP contribution in [0.3, 0.4) is 0 Å². The molecule has 2 rings (SSSR count). The maximum Gasteiger partial charge on any atom is 0.331 e. The third-order valence-electron chi connectivity index (χ3n) is 3.38. The Balaban J connectivity index is 1.93. The van der Waals surface area contributed by atoms with E-state index in [-0.39, 0.29) is 6.04 Å². The highest BCUT2D eigenvalue weighted by atomic mass is 79.9. The SMILES string of the molecule is CC(C)n1nccc1NC(=O)[C@H](C)OC(=O)/C=C/c1ccccc1Br. The third-order valence-corrected chi connectivity index (χ3v) is 4.10. The molecule has 0 aliphatic rings. The van der Waals surface area contributed by atoms with Gasteiger partial charge in [0.2, 0.25) is 0 Å². The normalized spacial score (nSPS) is 12.4. The molecule has 1 heterocycles. The van der Waals surface area contributed by atoms with Crippen molar-refractivity contribution in [2.45, 2.75) is 32.9 Å². The van der Waals surface area contributed by atoms with Crippen LogP contribution in [0.1, 0.15) is 32.4 Å². The predicted molar refractivity (Wildman–Crippen MR) is 100.0 cm³/mol. The van der Waals surface area contributed by atoms with Gasteiger partial charge in [-0.05, 0) is 38.5 Å². The standard InChI is InChI=1S/C18H20BrN3O3/c1-12(2)22-16(10-11-20-22)21-18(24)13(3)25-17(23)9-8-14-6-4-5-7-15(14)19/h4-13H,1-3H3,(H,21,24)/b9-8+/t13-/m0/s1. The molecular weight excluding hydrogens is 386 g/mol. The molecule has 0 saturated carbocycles. The lowest BCUT2D eigenvalue weighted by molar-refractivity contribution is -0.148. The van der Waals surface area contributed by atoms with Gasteiger partial charge in [0, 0.05) is 22.7 Å². The highest BCUT2D eigenvalue weighted by molar-refractivity contribution is 9.10. The first-order valence-electron chi connectivity index (χ1n) is 7.86. The fourth-order valence-corrected chi connectivity index (χ4v) is 2.50. The molecule has 7 heteroatoms. The van der Waals surface area contributed by atoms with Crippen LogP contribution in [-0.4, -0.2) is 27.8 Å². The van der Waals surface area contributed by atoms with Gasteiger partial charge in [0.15, 0.2) is 6.10 Å². The molecule has 0 aliphatic heterocycles. The second-order valence-electron chi connectivity index (χ2n) is 5.68. The Morgan fingerprint density at radius 3 is 2.64 bits per heavy atom. The number of rotatable bonds is 6. The first-order valence-corrected chi connectivity index (χ1v) is 8.65. The zero-order chi connectivity index (χ0) is 18.4. The zero-order valence-electron chi connectivity index (χ0n) is 14.3. The molecule has 6 nitrogen and oxygen atoms in total. The van der Waals surface area contributed by atoms with Gasteiger partial charge in [-0.1, -0.05) is 34.1 Å². The minimum atomic E-state index is -0.924. The molecule has 1 aromatic heterocycles. The van der Waals surface area contributed by atoms with E-state index < -0.39 is 18.0 Å². The molecule has 0 aliphatic carbocycles. The van der Waals surface area contributed by atoms with Gasteiger partial charge in [0.05, 0.1) is 6.20 Å². The predicted octanol–water partition coefficient (Wildman–Crippen LogP) is 3.81. The van der Waals surface area contributed by atoms with Crippen molar-refractivity contribution >= 4 is 39.7 Å². The molecule has 2 aromatic rings. The lowest BCUT2D eigenvalue weighted by Gasteiger charge is -2.15. The number of carbonyl (C=O) groups is 2. The largest absolute Gasteiger partial charge is 0.449 e. The molecule has 132 valence electrons. The van der Waals surface area contributed by atoms with Crippen LogP contribution >= 0.6 is 15.9 Å². The van der Waals surface area contributed by atoms with Crippen LogP contribution in [0, 0.1) is 0 Å². The topological polar surface area (TPSA) is 73.2 Å². The Labute approximate surface area is 155 Å². The number of anilines is 1. The Morgan fingerprint density at radius 1 is 1.24 bits per heavy atom. The van der Waals surface area contributed by atoms with Crippen molar-refractivity contribution in [2.75, 3.05) is 5.32 Å². The number of nitrogens with zero attached hydrogens (tertiary/aromatic N) is 2. The minimum absolute atomic E-state index is 0.107. The smallest absolute Gasteiger partial charge is 0.331 e. The average Bonchev–Trinajstić information content (AvgIpc) is 3.02. The quantitative estimate of drug-likeness (QED) is 0.585. The number of hydrogen-bond donors (Lipinski definition) is 1.